The van der Waals surface area contributed by atoms with Crippen LogP contribution in [0, 0.1) is 0 Å². The molecule has 2 aromatic rings. The van der Waals surface area contributed by atoms with Gasteiger partial charge in [-0.3, -0.25) is 0 Å². The lowest BCUT2D eigenvalue weighted by atomic mass is 10.2. The third-order valence-corrected chi connectivity index (χ3v) is 3.79. The summed E-state index contributed by atoms with van der Waals surface area (Å²) in [6, 6.07) is 12.2. The molecule has 0 aliphatic carbocycles. The van der Waals surface area contributed by atoms with Crippen LogP contribution in [0.3, 0.4) is 0 Å². The highest BCUT2D eigenvalue weighted by molar-refractivity contribution is 5.61. The molecule has 1 N–H and O–H groups in total. The summed E-state index contributed by atoms with van der Waals surface area (Å²) in [5.74, 6) is 2.63. The molecule has 1 aliphatic rings. The van der Waals surface area contributed by atoms with Crippen molar-refractivity contribution < 1.29 is 4.74 Å². The third-order valence-electron chi connectivity index (χ3n) is 3.79. The second-order valence-electron chi connectivity index (χ2n) is 5.41. The van der Waals surface area contributed by atoms with Crippen molar-refractivity contribution in [3.8, 4) is 11.4 Å². The molecule has 0 bridgehead atoms. The average Bonchev–Trinajstić information content (AvgIpc) is 3.10. The molecule has 0 radical (unpaired) electrons. The minimum absolute atomic E-state index is 0.656. The van der Waals surface area contributed by atoms with E-state index < -0.39 is 0 Å². The topological polar surface area (TPSA) is 50.3 Å². The summed E-state index contributed by atoms with van der Waals surface area (Å²) in [7, 11) is 1.70. The van der Waals surface area contributed by atoms with E-state index in [1.807, 2.05) is 36.4 Å². The highest BCUT2D eigenvalue weighted by Crippen LogP contribution is 2.24. The van der Waals surface area contributed by atoms with E-state index in [2.05, 4.69) is 15.2 Å². The first-order valence-electron chi connectivity index (χ1n) is 7.79. The smallest absolute Gasteiger partial charge is 0.163 e. The Labute approximate surface area is 131 Å². The van der Waals surface area contributed by atoms with E-state index in [1.165, 1.54) is 12.8 Å². The molecule has 1 aliphatic heterocycles. The average molecular weight is 298 g/mol. The standard InChI is InChI=1S/C17H22N4O/c1-22-12-9-18-15-13-16(21-10-5-6-11-21)20-17(19-15)14-7-3-2-4-8-14/h2-4,7-8,13H,5-6,9-12H2,1H3,(H,18,19,20). The lowest BCUT2D eigenvalue weighted by Crippen LogP contribution is -2.20. The summed E-state index contributed by atoms with van der Waals surface area (Å²) >= 11 is 0. The first-order chi connectivity index (χ1) is 10.9. The van der Waals surface area contributed by atoms with Gasteiger partial charge < -0.3 is 15.0 Å². The molecule has 0 unspecified atom stereocenters. The van der Waals surface area contributed by atoms with Crippen molar-refractivity contribution in [3.05, 3.63) is 36.4 Å². The number of aromatic nitrogens is 2. The molecule has 22 heavy (non-hydrogen) atoms. The Morgan fingerprint density at radius 3 is 2.64 bits per heavy atom. The first-order valence-corrected chi connectivity index (χ1v) is 7.79. The normalized spacial score (nSPS) is 14.3. The van der Waals surface area contributed by atoms with Gasteiger partial charge in [-0.25, -0.2) is 9.97 Å². The number of benzene rings is 1. The van der Waals surface area contributed by atoms with Gasteiger partial charge in [0.1, 0.15) is 11.6 Å². The molecule has 2 heterocycles. The molecule has 1 aromatic heterocycles. The van der Waals surface area contributed by atoms with E-state index >= 15 is 0 Å². The molecule has 5 nitrogen and oxygen atoms in total. The Hall–Kier alpha value is -2.14. The molecule has 1 saturated heterocycles. The Morgan fingerprint density at radius 1 is 1.14 bits per heavy atom. The summed E-state index contributed by atoms with van der Waals surface area (Å²) in [4.78, 5) is 11.7. The Kier molecular flexibility index (Phi) is 4.85. The largest absolute Gasteiger partial charge is 0.383 e. The van der Waals surface area contributed by atoms with Crippen molar-refractivity contribution in [2.24, 2.45) is 0 Å². The zero-order valence-corrected chi connectivity index (χ0v) is 13.0. The van der Waals surface area contributed by atoms with E-state index in [9.17, 15) is 0 Å². The SMILES string of the molecule is COCCNc1cc(N2CCCC2)nc(-c2ccccc2)n1. The highest BCUT2D eigenvalue weighted by Gasteiger charge is 2.16. The third kappa shape index (κ3) is 3.54. The number of nitrogens with one attached hydrogen (secondary N) is 1. The number of hydrogen-bond donors (Lipinski definition) is 1. The molecular formula is C17H22N4O. The highest BCUT2D eigenvalue weighted by atomic mass is 16.5. The van der Waals surface area contributed by atoms with Crippen LogP contribution in [-0.4, -0.2) is 43.3 Å². The van der Waals surface area contributed by atoms with Crippen LogP contribution in [0.2, 0.25) is 0 Å². The molecule has 3 rings (SSSR count). The fraction of sp³-hybridized carbons (Fsp3) is 0.412. The predicted molar refractivity (Wildman–Crippen MR) is 89.3 cm³/mol. The van der Waals surface area contributed by atoms with Gasteiger partial charge in [0.2, 0.25) is 0 Å². The monoisotopic (exact) mass is 298 g/mol. The van der Waals surface area contributed by atoms with Gasteiger partial charge in [0.15, 0.2) is 5.82 Å². The van der Waals surface area contributed by atoms with Crippen LogP contribution in [0.25, 0.3) is 11.4 Å². The van der Waals surface area contributed by atoms with Crippen LogP contribution < -0.4 is 10.2 Å². The van der Waals surface area contributed by atoms with Crippen LogP contribution in [0.15, 0.2) is 36.4 Å². The number of rotatable bonds is 6. The fourth-order valence-corrected chi connectivity index (χ4v) is 2.63. The summed E-state index contributed by atoms with van der Waals surface area (Å²) in [6.07, 6.45) is 2.47. The van der Waals surface area contributed by atoms with Crippen molar-refractivity contribution in [2.45, 2.75) is 12.8 Å². The molecule has 0 atom stereocenters. The Bertz CT molecular complexity index is 597. The number of hydrogen-bond acceptors (Lipinski definition) is 5. The number of nitrogens with zero attached hydrogens (tertiary/aromatic N) is 3. The first kappa shape index (κ1) is 14.8. The predicted octanol–water partition coefficient (Wildman–Crippen LogP) is 2.80. The molecule has 116 valence electrons. The Balaban J connectivity index is 1.90. The zero-order chi connectivity index (χ0) is 15.2. The van der Waals surface area contributed by atoms with Gasteiger partial charge in [0, 0.05) is 38.4 Å². The maximum atomic E-state index is 5.09. The Morgan fingerprint density at radius 2 is 1.91 bits per heavy atom. The van der Waals surface area contributed by atoms with Gasteiger partial charge in [-0.2, -0.15) is 0 Å². The van der Waals surface area contributed by atoms with Crippen LogP contribution in [0.5, 0.6) is 0 Å². The summed E-state index contributed by atoms with van der Waals surface area (Å²) in [5.41, 5.74) is 1.04. The quantitative estimate of drug-likeness (QED) is 0.831. The van der Waals surface area contributed by atoms with Crippen molar-refractivity contribution in [3.63, 3.8) is 0 Å². The number of ether oxygens (including phenoxy) is 1. The van der Waals surface area contributed by atoms with Gasteiger partial charge in [0.25, 0.3) is 0 Å². The summed E-state index contributed by atoms with van der Waals surface area (Å²) in [6.45, 7) is 3.54. The van der Waals surface area contributed by atoms with Crippen LogP contribution in [0.1, 0.15) is 12.8 Å². The maximum absolute atomic E-state index is 5.09. The van der Waals surface area contributed by atoms with Gasteiger partial charge >= 0.3 is 0 Å². The number of methoxy groups -OCH3 is 1. The molecule has 1 fully saturated rings. The van der Waals surface area contributed by atoms with E-state index in [0.29, 0.717) is 6.61 Å². The van der Waals surface area contributed by atoms with E-state index in [0.717, 1.165) is 42.7 Å². The molecule has 5 heteroatoms. The van der Waals surface area contributed by atoms with E-state index in [4.69, 9.17) is 9.72 Å². The van der Waals surface area contributed by atoms with Crippen LogP contribution in [0.4, 0.5) is 11.6 Å². The van der Waals surface area contributed by atoms with Crippen molar-refractivity contribution in [1.82, 2.24) is 9.97 Å². The molecule has 0 amide bonds. The van der Waals surface area contributed by atoms with Crippen molar-refractivity contribution >= 4 is 11.6 Å². The molecule has 1 aromatic carbocycles. The van der Waals surface area contributed by atoms with Crippen molar-refractivity contribution in [1.29, 1.82) is 0 Å². The van der Waals surface area contributed by atoms with Crippen molar-refractivity contribution in [2.75, 3.05) is 43.6 Å². The minimum Gasteiger partial charge on any atom is -0.383 e. The van der Waals surface area contributed by atoms with Gasteiger partial charge in [0.05, 0.1) is 6.61 Å². The fourth-order valence-electron chi connectivity index (χ4n) is 2.63. The van der Waals surface area contributed by atoms with Gasteiger partial charge in [-0.1, -0.05) is 30.3 Å². The second kappa shape index (κ2) is 7.22. The van der Waals surface area contributed by atoms with E-state index in [-0.39, 0.29) is 0 Å². The van der Waals surface area contributed by atoms with E-state index in [1.54, 1.807) is 7.11 Å². The lowest BCUT2D eigenvalue weighted by Gasteiger charge is -2.18. The van der Waals surface area contributed by atoms with Crippen LogP contribution >= 0.6 is 0 Å². The molecule has 0 saturated carbocycles. The van der Waals surface area contributed by atoms with Gasteiger partial charge in [-0.05, 0) is 12.8 Å². The minimum atomic E-state index is 0.656. The number of anilines is 2. The maximum Gasteiger partial charge on any atom is 0.163 e. The summed E-state index contributed by atoms with van der Waals surface area (Å²) in [5, 5.41) is 3.32. The second-order valence-corrected chi connectivity index (χ2v) is 5.41. The van der Waals surface area contributed by atoms with Gasteiger partial charge in [-0.15, -0.1) is 0 Å². The lowest BCUT2D eigenvalue weighted by molar-refractivity contribution is 0.210. The zero-order valence-electron chi connectivity index (χ0n) is 13.0. The van der Waals surface area contributed by atoms with Crippen LogP contribution in [-0.2, 0) is 4.74 Å². The summed E-state index contributed by atoms with van der Waals surface area (Å²) < 4.78 is 5.09. The molecular weight excluding hydrogens is 276 g/mol. The molecule has 0 spiro atoms.